The van der Waals surface area contributed by atoms with E-state index in [9.17, 15) is 9.59 Å². The number of amides is 1. The van der Waals surface area contributed by atoms with Gasteiger partial charge in [-0.3, -0.25) is 9.69 Å². The molecule has 0 N–H and O–H groups in total. The lowest BCUT2D eigenvalue weighted by Gasteiger charge is -2.48. The van der Waals surface area contributed by atoms with E-state index in [-0.39, 0.29) is 41.1 Å². The summed E-state index contributed by atoms with van der Waals surface area (Å²) in [6.45, 7) is 17.3. The maximum absolute atomic E-state index is 13.1. The third-order valence-electron chi connectivity index (χ3n) is 6.35. The topological polar surface area (TPSA) is 65.1 Å². The molecule has 29 heavy (non-hydrogen) atoms. The highest BCUT2D eigenvalue weighted by Gasteiger charge is 2.60. The molecule has 1 amide bonds. The summed E-state index contributed by atoms with van der Waals surface area (Å²) in [4.78, 5) is 28.3. The maximum atomic E-state index is 13.1. The van der Waals surface area contributed by atoms with E-state index >= 15 is 0 Å². The summed E-state index contributed by atoms with van der Waals surface area (Å²) < 4.78 is 17.6. The molecule has 0 radical (unpaired) electrons. The van der Waals surface area contributed by atoms with E-state index in [0.717, 1.165) is 17.7 Å². The molecule has 162 valence electrons. The van der Waals surface area contributed by atoms with Crippen molar-refractivity contribution in [3.8, 4) is 0 Å². The number of hydrogen-bond donors (Lipinski definition) is 0. The third-order valence-corrected chi connectivity index (χ3v) is 12.4. The Kier molecular flexibility index (Phi) is 6.39. The smallest absolute Gasteiger partial charge is 0.356 e. The Bertz CT molecular complexity index is 723. The van der Waals surface area contributed by atoms with Gasteiger partial charge in [-0.2, -0.15) is 0 Å². The van der Waals surface area contributed by atoms with Crippen molar-refractivity contribution in [1.29, 1.82) is 0 Å². The van der Waals surface area contributed by atoms with Crippen LogP contribution in [-0.4, -0.2) is 55.9 Å². The zero-order valence-corrected chi connectivity index (χ0v) is 20.1. The van der Waals surface area contributed by atoms with Crippen LogP contribution in [0.5, 0.6) is 0 Å². The average Bonchev–Trinajstić information content (AvgIpc) is 3.23. The molecule has 0 unspecified atom stereocenters. The average molecular weight is 440 g/mol. The van der Waals surface area contributed by atoms with Gasteiger partial charge in [0.15, 0.2) is 8.32 Å². The fourth-order valence-corrected chi connectivity index (χ4v) is 6.84. The Morgan fingerprint density at radius 1 is 1.45 bits per heavy atom. The van der Waals surface area contributed by atoms with Crippen molar-refractivity contribution in [1.82, 2.24) is 4.90 Å². The molecular formula is C21H33NO5SSi. The van der Waals surface area contributed by atoms with Crippen LogP contribution < -0.4 is 0 Å². The second-order valence-corrected chi connectivity index (χ2v) is 15.3. The summed E-state index contributed by atoms with van der Waals surface area (Å²) >= 11 is 1.57. The third kappa shape index (κ3) is 4.09. The van der Waals surface area contributed by atoms with Crippen LogP contribution in [0.15, 0.2) is 23.3 Å². The standard InChI is InChI=1S/C21H33NO5SSi/c1-8-11-26-20(24)16-17(14-10-9-12-25-14)28-19-15(18(23)22(16)19)13(2)27-29(6,7)21(3,4)5/h8,13-15,19H,1,9-12H2,2-7H3/t13-,14+,15+,19-/m1/s1. The van der Waals surface area contributed by atoms with E-state index in [1.54, 1.807) is 16.7 Å². The lowest BCUT2D eigenvalue weighted by Crippen LogP contribution is -2.62. The molecule has 3 aliphatic rings. The van der Waals surface area contributed by atoms with Crippen molar-refractivity contribution in [2.75, 3.05) is 13.2 Å². The van der Waals surface area contributed by atoms with Crippen LogP contribution in [0.3, 0.4) is 0 Å². The Morgan fingerprint density at radius 2 is 2.14 bits per heavy atom. The highest BCUT2D eigenvalue weighted by atomic mass is 32.2. The zero-order chi connectivity index (χ0) is 21.6. The molecular weight excluding hydrogens is 406 g/mol. The molecule has 2 fully saturated rings. The minimum Gasteiger partial charge on any atom is -0.457 e. The molecule has 0 saturated carbocycles. The first-order chi connectivity index (χ1) is 13.5. The normalized spacial score (nSPS) is 28.3. The quantitative estimate of drug-likeness (QED) is 0.258. The number of nitrogens with zero attached hydrogens (tertiary/aromatic N) is 1. The van der Waals surface area contributed by atoms with Gasteiger partial charge in [-0.15, -0.1) is 0 Å². The van der Waals surface area contributed by atoms with Gasteiger partial charge < -0.3 is 13.9 Å². The van der Waals surface area contributed by atoms with Crippen molar-refractivity contribution in [3.05, 3.63) is 23.3 Å². The summed E-state index contributed by atoms with van der Waals surface area (Å²) in [5.41, 5.74) is 0.356. The first-order valence-electron chi connectivity index (χ1n) is 10.3. The van der Waals surface area contributed by atoms with E-state index in [1.165, 1.54) is 6.08 Å². The van der Waals surface area contributed by atoms with Crippen LogP contribution in [0.25, 0.3) is 0 Å². The van der Waals surface area contributed by atoms with E-state index in [1.807, 2.05) is 6.92 Å². The number of carbonyl (C=O) groups is 2. The highest BCUT2D eigenvalue weighted by Crippen LogP contribution is 2.54. The molecule has 0 spiro atoms. The van der Waals surface area contributed by atoms with Gasteiger partial charge in [0.1, 0.15) is 17.7 Å². The van der Waals surface area contributed by atoms with Crippen LogP contribution >= 0.6 is 11.8 Å². The van der Waals surface area contributed by atoms with Crippen LogP contribution in [-0.2, 0) is 23.5 Å². The number of esters is 1. The second-order valence-electron chi connectivity index (χ2n) is 9.43. The molecule has 4 atom stereocenters. The van der Waals surface area contributed by atoms with E-state index in [2.05, 4.69) is 40.4 Å². The fourth-order valence-electron chi connectivity index (χ4n) is 3.72. The van der Waals surface area contributed by atoms with Crippen LogP contribution in [0.1, 0.15) is 40.5 Å². The Hall–Kier alpha value is -1.09. The van der Waals surface area contributed by atoms with Gasteiger partial charge in [-0.1, -0.05) is 45.2 Å². The number of rotatable bonds is 7. The summed E-state index contributed by atoms with van der Waals surface area (Å²) in [5, 5.41) is -0.0649. The van der Waals surface area contributed by atoms with Crippen molar-refractivity contribution < 1.29 is 23.5 Å². The van der Waals surface area contributed by atoms with Gasteiger partial charge in [-0.25, -0.2) is 4.79 Å². The number of fused-ring (bicyclic) bond motifs is 1. The summed E-state index contributed by atoms with van der Waals surface area (Å²) in [7, 11) is -2.01. The number of hydrogen-bond acceptors (Lipinski definition) is 6. The molecule has 0 bridgehead atoms. The lowest BCUT2D eigenvalue weighted by atomic mass is 9.92. The van der Waals surface area contributed by atoms with Gasteiger partial charge in [0.05, 0.1) is 18.1 Å². The SMILES string of the molecule is C=CCOC(=O)C1=C([C@@H]2CCCO2)S[C@@H]2[C@@H]([C@@H](C)O[Si](C)(C)C(C)(C)C)C(=O)N12. The van der Waals surface area contributed by atoms with E-state index < -0.39 is 14.3 Å². The van der Waals surface area contributed by atoms with Gasteiger partial charge in [0.25, 0.3) is 0 Å². The minimum atomic E-state index is -2.01. The van der Waals surface area contributed by atoms with E-state index in [4.69, 9.17) is 13.9 Å². The zero-order valence-electron chi connectivity index (χ0n) is 18.3. The van der Waals surface area contributed by atoms with Crippen molar-refractivity contribution in [2.45, 2.75) is 76.3 Å². The van der Waals surface area contributed by atoms with Gasteiger partial charge in [0, 0.05) is 11.5 Å². The van der Waals surface area contributed by atoms with Gasteiger partial charge in [0.2, 0.25) is 5.91 Å². The first-order valence-corrected chi connectivity index (χ1v) is 14.1. The number of β-lactam (4-membered cyclic amide) rings is 1. The Labute approximate surface area is 179 Å². The molecule has 0 aromatic rings. The van der Waals surface area contributed by atoms with Gasteiger partial charge >= 0.3 is 5.97 Å². The van der Waals surface area contributed by atoms with Crippen LogP contribution in [0.4, 0.5) is 0 Å². The monoisotopic (exact) mass is 439 g/mol. The molecule has 2 saturated heterocycles. The minimum absolute atomic E-state index is 0.0627. The molecule has 3 aliphatic heterocycles. The number of thioether (sulfide) groups is 1. The molecule has 0 aromatic heterocycles. The van der Waals surface area contributed by atoms with Gasteiger partial charge in [-0.05, 0) is 37.9 Å². The fraction of sp³-hybridized carbons (Fsp3) is 0.714. The molecule has 3 rings (SSSR count). The number of ether oxygens (including phenoxy) is 2. The molecule has 0 aromatic carbocycles. The van der Waals surface area contributed by atoms with Crippen molar-refractivity contribution >= 4 is 32.0 Å². The maximum Gasteiger partial charge on any atom is 0.356 e. The Balaban J connectivity index is 1.80. The summed E-state index contributed by atoms with van der Waals surface area (Å²) in [6.07, 6.45) is 3.00. The predicted molar refractivity (Wildman–Crippen MR) is 117 cm³/mol. The van der Waals surface area contributed by atoms with Crippen LogP contribution in [0.2, 0.25) is 18.1 Å². The molecule has 8 heteroatoms. The first kappa shape index (κ1) is 22.6. The van der Waals surface area contributed by atoms with Crippen molar-refractivity contribution in [3.63, 3.8) is 0 Å². The summed E-state index contributed by atoms with van der Waals surface area (Å²) in [5.74, 6) is -0.808. The lowest BCUT2D eigenvalue weighted by molar-refractivity contribution is -0.157. The van der Waals surface area contributed by atoms with E-state index in [0.29, 0.717) is 12.3 Å². The number of carbonyl (C=O) groups excluding carboxylic acids is 2. The second kappa shape index (κ2) is 8.21. The van der Waals surface area contributed by atoms with Crippen molar-refractivity contribution in [2.24, 2.45) is 5.92 Å². The highest BCUT2D eigenvalue weighted by molar-refractivity contribution is 8.04. The molecule has 6 nitrogen and oxygen atoms in total. The summed E-state index contributed by atoms with van der Waals surface area (Å²) in [6, 6.07) is 0. The largest absolute Gasteiger partial charge is 0.457 e. The predicted octanol–water partition coefficient (Wildman–Crippen LogP) is 4.05. The molecule has 3 heterocycles. The Morgan fingerprint density at radius 3 is 2.69 bits per heavy atom. The molecule has 0 aliphatic carbocycles. The van der Waals surface area contributed by atoms with Crippen LogP contribution in [0, 0.1) is 5.92 Å².